The molecule has 2 rings (SSSR count). The molecule has 7 heteroatoms. The van der Waals surface area contributed by atoms with Crippen molar-refractivity contribution >= 4 is 11.6 Å². The number of hydrogen-bond acceptors (Lipinski definition) is 3. The number of aryl methyl sites for hydroxylation is 1. The van der Waals surface area contributed by atoms with E-state index in [1.807, 2.05) is 0 Å². The lowest BCUT2D eigenvalue weighted by molar-refractivity contribution is 0.102. The lowest BCUT2D eigenvalue weighted by Gasteiger charge is -2.07. The maximum atomic E-state index is 12.7. The van der Waals surface area contributed by atoms with Crippen molar-refractivity contribution in [1.82, 2.24) is 9.97 Å². The second kappa shape index (κ2) is 5.68. The Balaban J connectivity index is 2.22. The number of nitrogens with zero attached hydrogens (tertiary/aromatic N) is 2. The minimum Gasteiger partial charge on any atom is -0.321 e. The van der Waals surface area contributed by atoms with Crippen molar-refractivity contribution < 1.29 is 18.0 Å². The molecule has 0 atom stereocenters. The van der Waals surface area contributed by atoms with Crippen LogP contribution < -0.4 is 5.32 Å². The highest BCUT2D eigenvalue weighted by molar-refractivity contribution is 6.02. The summed E-state index contributed by atoms with van der Waals surface area (Å²) in [5.74, 6) is -1.03. The van der Waals surface area contributed by atoms with Crippen molar-refractivity contribution in [3.8, 4) is 0 Å². The third-order valence-corrected chi connectivity index (χ3v) is 2.42. The van der Waals surface area contributed by atoms with Gasteiger partial charge in [-0.05, 0) is 37.3 Å². The zero-order valence-electron chi connectivity index (χ0n) is 10.4. The molecule has 1 aromatic heterocycles. The van der Waals surface area contributed by atoms with Crippen molar-refractivity contribution in [2.45, 2.75) is 13.3 Å². The molecule has 1 heterocycles. The van der Waals surface area contributed by atoms with Gasteiger partial charge in [-0.25, -0.2) is 23.1 Å². The van der Waals surface area contributed by atoms with E-state index in [1.165, 1.54) is 31.2 Å². The van der Waals surface area contributed by atoms with Gasteiger partial charge < -0.3 is 5.32 Å². The van der Waals surface area contributed by atoms with E-state index in [0.717, 1.165) is 6.07 Å². The maximum Gasteiger partial charge on any atom is 0.280 e. The Hall–Kier alpha value is -2.44. The number of halogens is 3. The molecule has 104 valence electrons. The maximum absolute atomic E-state index is 12.7. The summed E-state index contributed by atoms with van der Waals surface area (Å²) < 4.78 is 37.9. The first-order valence-electron chi connectivity index (χ1n) is 5.66. The SMILES string of the molecule is Cc1nc(C(=O)Nc2ccc(F)cc2)cc(C(F)F)n1. The minimum atomic E-state index is -2.78. The smallest absolute Gasteiger partial charge is 0.280 e. The average Bonchev–Trinajstić information content (AvgIpc) is 2.40. The van der Waals surface area contributed by atoms with Gasteiger partial charge in [-0.15, -0.1) is 0 Å². The van der Waals surface area contributed by atoms with Gasteiger partial charge in [-0.1, -0.05) is 0 Å². The van der Waals surface area contributed by atoms with Crippen molar-refractivity contribution in [2.75, 3.05) is 5.32 Å². The molecule has 2 aromatic rings. The number of rotatable bonds is 3. The summed E-state index contributed by atoms with van der Waals surface area (Å²) in [5, 5.41) is 2.44. The van der Waals surface area contributed by atoms with E-state index in [1.54, 1.807) is 0 Å². The summed E-state index contributed by atoms with van der Waals surface area (Å²) in [6.07, 6.45) is -2.78. The van der Waals surface area contributed by atoms with E-state index in [9.17, 15) is 18.0 Å². The quantitative estimate of drug-likeness (QED) is 0.940. The van der Waals surface area contributed by atoms with Crippen molar-refractivity contribution in [3.05, 3.63) is 53.4 Å². The Labute approximate surface area is 112 Å². The Morgan fingerprint density at radius 3 is 2.45 bits per heavy atom. The van der Waals surface area contributed by atoms with Crippen LogP contribution in [0.15, 0.2) is 30.3 Å². The van der Waals surface area contributed by atoms with Gasteiger partial charge >= 0.3 is 0 Å². The van der Waals surface area contributed by atoms with Crippen LogP contribution in [0.1, 0.15) is 28.4 Å². The fraction of sp³-hybridized carbons (Fsp3) is 0.154. The van der Waals surface area contributed by atoms with E-state index in [2.05, 4.69) is 15.3 Å². The van der Waals surface area contributed by atoms with Gasteiger partial charge in [0.25, 0.3) is 12.3 Å². The minimum absolute atomic E-state index is 0.0760. The highest BCUT2D eigenvalue weighted by Crippen LogP contribution is 2.17. The highest BCUT2D eigenvalue weighted by atomic mass is 19.3. The molecule has 1 N–H and O–H groups in total. The van der Waals surface area contributed by atoms with Crippen LogP contribution in [-0.4, -0.2) is 15.9 Å². The van der Waals surface area contributed by atoms with Gasteiger partial charge in [0, 0.05) is 5.69 Å². The lowest BCUT2D eigenvalue weighted by Crippen LogP contribution is -2.15. The van der Waals surface area contributed by atoms with Crippen LogP contribution in [0, 0.1) is 12.7 Å². The number of carbonyl (C=O) groups excluding carboxylic acids is 1. The number of benzene rings is 1. The van der Waals surface area contributed by atoms with Crippen LogP contribution in [-0.2, 0) is 0 Å². The third kappa shape index (κ3) is 3.31. The molecule has 1 aromatic carbocycles. The topological polar surface area (TPSA) is 54.9 Å². The second-order valence-electron chi connectivity index (χ2n) is 3.99. The first kappa shape index (κ1) is 14.0. The molecular formula is C13H10F3N3O. The molecule has 0 bridgehead atoms. The zero-order chi connectivity index (χ0) is 14.7. The molecule has 1 amide bonds. The predicted octanol–water partition coefficient (Wildman–Crippen LogP) is 3.11. The van der Waals surface area contributed by atoms with Gasteiger partial charge in [0.2, 0.25) is 0 Å². The lowest BCUT2D eigenvalue weighted by atomic mass is 10.2. The average molecular weight is 281 g/mol. The van der Waals surface area contributed by atoms with Gasteiger partial charge in [-0.3, -0.25) is 4.79 Å². The number of carbonyl (C=O) groups is 1. The van der Waals surface area contributed by atoms with E-state index < -0.39 is 23.8 Å². The van der Waals surface area contributed by atoms with Crippen LogP contribution >= 0.6 is 0 Å². The number of anilines is 1. The number of alkyl halides is 2. The number of hydrogen-bond donors (Lipinski definition) is 1. The van der Waals surface area contributed by atoms with Crippen LogP contribution in [0.3, 0.4) is 0 Å². The summed E-state index contributed by atoms with van der Waals surface area (Å²) in [7, 11) is 0. The van der Waals surface area contributed by atoms with Crippen molar-refractivity contribution in [2.24, 2.45) is 0 Å². The Morgan fingerprint density at radius 2 is 1.85 bits per heavy atom. The molecule has 0 saturated heterocycles. The molecular weight excluding hydrogens is 271 g/mol. The third-order valence-electron chi connectivity index (χ3n) is 2.42. The normalized spacial score (nSPS) is 10.7. The second-order valence-corrected chi connectivity index (χ2v) is 3.99. The Kier molecular flexibility index (Phi) is 3.97. The Bertz CT molecular complexity index is 629. The van der Waals surface area contributed by atoms with E-state index in [4.69, 9.17) is 0 Å². The summed E-state index contributed by atoms with van der Waals surface area (Å²) in [4.78, 5) is 19.2. The molecule has 4 nitrogen and oxygen atoms in total. The van der Waals surface area contributed by atoms with Gasteiger partial charge in [-0.2, -0.15) is 0 Å². The first-order valence-corrected chi connectivity index (χ1v) is 5.66. The molecule has 0 radical (unpaired) electrons. The number of nitrogens with one attached hydrogen (secondary N) is 1. The molecule has 0 aliphatic rings. The summed E-state index contributed by atoms with van der Waals surface area (Å²) >= 11 is 0. The molecule has 0 unspecified atom stereocenters. The van der Waals surface area contributed by atoms with Crippen molar-refractivity contribution in [3.63, 3.8) is 0 Å². The largest absolute Gasteiger partial charge is 0.321 e. The number of aromatic nitrogens is 2. The van der Waals surface area contributed by atoms with E-state index in [-0.39, 0.29) is 11.5 Å². The zero-order valence-corrected chi connectivity index (χ0v) is 10.4. The van der Waals surface area contributed by atoms with Crippen LogP contribution in [0.2, 0.25) is 0 Å². The fourth-order valence-corrected chi connectivity index (χ4v) is 1.55. The summed E-state index contributed by atoms with van der Waals surface area (Å²) in [6.45, 7) is 1.42. The molecule has 20 heavy (non-hydrogen) atoms. The molecule has 0 spiro atoms. The molecule has 0 saturated carbocycles. The number of amides is 1. The fourth-order valence-electron chi connectivity index (χ4n) is 1.55. The predicted molar refractivity (Wildman–Crippen MR) is 66.1 cm³/mol. The van der Waals surface area contributed by atoms with Crippen LogP contribution in [0.4, 0.5) is 18.9 Å². The van der Waals surface area contributed by atoms with Gasteiger partial charge in [0.1, 0.15) is 23.0 Å². The van der Waals surface area contributed by atoms with Crippen molar-refractivity contribution in [1.29, 1.82) is 0 Å². The first-order chi connectivity index (χ1) is 9.45. The molecule has 0 fully saturated rings. The van der Waals surface area contributed by atoms with Crippen LogP contribution in [0.25, 0.3) is 0 Å². The van der Waals surface area contributed by atoms with Gasteiger partial charge in [0.05, 0.1) is 0 Å². The summed E-state index contributed by atoms with van der Waals surface area (Å²) in [6, 6.07) is 5.98. The molecule has 0 aliphatic carbocycles. The highest BCUT2D eigenvalue weighted by Gasteiger charge is 2.15. The summed E-state index contributed by atoms with van der Waals surface area (Å²) in [5.41, 5.74) is -0.342. The standard InChI is InChI=1S/C13H10F3N3O/c1-7-17-10(12(15)16)6-11(18-7)13(20)19-9-4-2-8(14)3-5-9/h2-6,12H,1H3,(H,19,20). The molecule has 0 aliphatic heterocycles. The van der Waals surface area contributed by atoms with E-state index in [0.29, 0.717) is 5.69 Å². The monoisotopic (exact) mass is 281 g/mol. The van der Waals surface area contributed by atoms with Gasteiger partial charge in [0.15, 0.2) is 0 Å². The van der Waals surface area contributed by atoms with Crippen LogP contribution in [0.5, 0.6) is 0 Å². The Morgan fingerprint density at radius 1 is 1.20 bits per heavy atom. The van der Waals surface area contributed by atoms with E-state index >= 15 is 0 Å².